The number of likely N-dealkylation sites (tertiary alicyclic amines) is 1. The molecule has 2 heterocycles. The molecule has 0 radical (unpaired) electrons. The highest BCUT2D eigenvalue weighted by Gasteiger charge is 2.22. The first-order chi connectivity index (χ1) is 10.3. The van der Waals surface area contributed by atoms with Gasteiger partial charge in [-0.3, -0.25) is 4.99 Å². The largest absolute Gasteiger partial charge is 0.391 e. The summed E-state index contributed by atoms with van der Waals surface area (Å²) in [6.45, 7) is 7.54. The molecule has 2 atom stereocenters. The van der Waals surface area contributed by atoms with E-state index in [0.717, 1.165) is 64.5 Å². The summed E-state index contributed by atoms with van der Waals surface area (Å²) in [5.41, 5.74) is 0. The molecule has 0 saturated carbocycles. The lowest BCUT2D eigenvalue weighted by atomic mass is 10.2. The molecule has 2 saturated heterocycles. The van der Waals surface area contributed by atoms with Crippen LogP contribution in [0.3, 0.4) is 0 Å². The van der Waals surface area contributed by atoms with Crippen LogP contribution in [-0.2, 0) is 9.47 Å². The van der Waals surface area contributed by atoms with E-state index < -0.39 is 0 Å². The van der Waals surface area contributed by atoms with Gasteiger partial charge >= 0.3 is 0 Å². The van der Waals surface area contributed by atoms with Crippen LogP contribution in [0.25, 0.3) is 0 Å². The average molecular weight is 427 g/mol. The number of rotatable bonds is 7. The molecule has 0 aromatic heterocycles. The van der Waals surface area contributed by atoms with Crippen LogP contribution in [0.4, 0.5) is 0 Å². The van der Waals surface area contributed by atoms with Gasteiger partial charge in [-0.05, 0) is 32.6 Å². The summed E-state index contributed by atoms with van der Waals surface area (Å²) in [5, 5.41) is 12.9. The van der Waals surface area contributed by atoms with Gasteiger partial charge in [0.15, 0.2) is 5.96 Å². The van der Waals surface area contributed by atoms with E-state index in [-0.39, 0.29) is 30.1 Å². The fourth-order valence-electron chi connectivity index (χ4n) is 2.70. The van der Waals surface area contributed by atoms with Crippen LogP contribution in [-0.4, -0.2) is 74.2 Å². The molecule has 1 unspecified atom stereocenters. The van der Waals surface area contributed by atoms with Crippen LogP contribution in [0.5, 0.6) is 0 Å². The highest BCUT2D eigenvalue weighted by molar-refractivity contribution is 14.0. The number of nitrogens with one attached hydrogen (secondary N) is 1. The lowest BCUT2D eigenvalue weighted by molar-refractivity contribution is 0.0170. The maximum atomic E-state index is 9.61. The van der Waals surface area contributed by atoms with Gasteiger partial charge in [-0.1, -0.05) is 0 Å². The Morgan fingerprint density at radius 3 is 2.95 bits per heavy atom. The molecule has 0 aromatic carbocycles. The van der Waals surface area contributed by atoms with Crippen molar-refractivity contribution in [2.24, 2.45) is 4.99 Å². The molecule has 22 heavy (non-hydrogen) atoms. The number of halogens is 1. The van der Waals surface area contributed by atoms with E-state index in [0.29, 0.717) is 19.3 Å². The van der Waals surface area contributed by atoms with Gasteiger partial charge in [-0.25, -0.2) is 0 Å². The molecule has 0 aromatic rings. The zero-order valence-electron chi connectivity index (χ0n) is 13.5. The van der Waals surface area contributed by atoms with E-state index >= 15 is 0 Å². The zero-order valence-corrected chi connectivity index (χ0v) is 15.8. The summed E-state index contributed by atoms with van der Waals surface area (Å²) < 4.78 is 11.1. The van der Waals surface area contributed by atoms with Gasteiger partial charge in [0.2, 0.25) is 0 Å². The molecule has 2 N–H and O–H groups in total. The Labute approximate surface area is 150 Å². The highest BCUT2D eigenvalue weighted by Crippen LogP contribution is 2.12. The first kappa shape index (κ1) is 19.9. The number of aliphatic imine (C=N–C) groups is 1. The fraction of sp³-hybridized carbons (Fsp3) is 0.933. The summed E-state index contributed by atoms with van der Waals surface area (Å²) in [5.74, 6) is 0.910. The molecule has 2 fully saturated rings. The molecular formula is C15H30IN3O3. The Balaban J connectivity index is 0.00000242. The number of ether oxygens (including phenoxy) is 2. The smallest absolute Gasteiger partial charge is 0.194 e. The van der Waals surface area contributed by atoms with Crippen LogP contribution in [0, 0.1) is 0 Å². The van der Waals surface area contributed by atoms with Crippen molar-refractivity contribution < 1.29 is 14.6 Å². The molecule has 0 aliphatic carbocycles. The second kappa shape index (κ2) is 11.4. The third-order valence-corrected chi connectivity index (χ3v) is 3.83. The summed E-state index contributed by atoms with van der Waals surface area (Å²) in [7, 11) is 0. The minimum atomic E-state index is -0.219. The van der Waals surface area contributed by atoms with Crippen molar-refractivity contribution >= 4 is 29.9 Å². The van der Waals surface area contributed by atoms with E-state index in [1.807, 2.05) is 0 Å². The van der Waals surface area contributed by atoms with Gasteiger partial charge in [0.05, 0.1) is 18.8 Å². The van der Waals surface area contributed by atoms with Crippen molar-refractivity contribution in [2.45, 2.75) is 44.8 Å². The maximum absolute atomic E-state index is 9.61. The molecule has 2 rings (SSSR count). The number of β-amino-alcohol motifs (C(OH)–C–C–N with tert-alkyl or cyclic N) is 1. The Kier molecular flexibility index (Phi) is 10.3. The van der Waals surface area contributed by atoms with Gasteiger partial charge in [-0.2, -0.15) is 0 Å². The second-order valence-electron chi connectivity index (χ2n) is 5.69. The Morgan fingerprint density at radius 2 is 2.32 bits per heavy atom. The van der Waals surface area contributed by atoms with E-state index in [1.165, 1.54) is 0 Å². The van der Waals surface area contributed by atoms with Crippen molar-refractivity contribution in [1.29, 1.82) is 0 Å². The normalized spacial score (nSPS) is 25.4. The van der Waals surface area contributed by atoms with E-state index in [2.05, 4.69) is 22.1 Å². The summed E-state index contributed by atoms with van der Waals surface area (Å²) in [6, 6.07) is 0. The van der Waals surface area contributed by atoms with Gasteiger partial charge in [-0.15, -0.1) is 24.0 Å². The number of guanidine groups is 1. The number of nitrogens with zero attached hydrogens (tertiary/aromatic N) is 2. The predicted octanol–water partition coefficient (Wildman–Crippen LogP) is 1.22. The highest BCUT2D eigenvalue weighted by atomic mass is 127. The standard InChI is InChI=1S/C15H29N3O3.HI/c1-2-16-15(18-8-6-13(19)11-18)17-7-4-9-20-12-14-5-3-10-21-14;/h13-14,19H,2-12H2,1H3,(H,16,17);1H/t13-,14?;/m1./s1. The monoisotopic (exact) mass is 427 g/mol. The molecule has 0 amide bonds. The average Bonchev–Trinajstić information content (AvgIpc) is 3.13. The summed E-state index contributed by atoms with van der Waals surface area (Å²) in [4.78, 5) is 6.73. The van der Waals surface area contributed by atoms with Crippen molar-refractivity contribution in [2.75, 3.05) is 46.0 Å². The molecule has 2 aliphatic rings. The first-order valence-electron chi connectivity index (χ1n) is 8.20. The van der Waals surface area contributed by atoms with Crippen LogP contribution < -0.4 is 5.32 Å². The van der Waals surface area contributed by atoms with Crippen LogP contribution >= 0.6 is 24.0 Å². The van der Waals surface area contributed by atoms with Crippen LogP contribution in [0.1, 0.15) is 32.6 Å². The van der Waals surface area contributed by atoms with Gasteiger partial charge in [0.25, 0.3) is 0 Å². The third-order valence-electron chi connectivity index (χ3n) is 3.83. The van der Waals surface area contributed by atoms with Crippen molar-refractivity contribution in [3.05, 3.63) is 0 Å². The number of aliphatic hydroxyl groups is 1. The van der Waals surface area contributed by atoms with Crippen molar-refractivity contribution in [3.8, 4) is 0 Å². The third kappa shape index (κ3) is 6.97. The van der Waals surface area contributed by atoms with Gasteiger partial charge < -0.3 is 24.8 Å². The zero-order chi connectivity index (χ0) is 14.9. The van der Waals surface area contributed by atoms with Crippen LogP contribution in [0.15, 0.2) is 4.99 Å². The van der Waals surface area contributed by atoms with Gasteiger partial charge in [0.1, 0.15) is 0 Å². The van der Waals surface area contributed by atoms with Gasteiger partial charge in [0, 0.05) is 39.4 Å². The molecule has 130 valence electrons. The minimum absolute atomic E-state index is 0. The van der Waals surface area contributed by atoms with Crippen molar-refractivity contribution in [3.63, 3.8) is 0 Å². The summed E-state index contributed by atoms with van der Waals surface area (Å²) in [6.07, 6.45) is 4.11. The predicted molar refractivity (Wildman–Crippen MR) is 98.0 cm³/mol. The van der Waals surface area contributed by atoms with E-state index in [9.17, 15) is 5.11 Å². The topological polar surface area (TPSA) is 66.3 Å². The molecular weight excluding hydrogens is 397 g/mol. The van der Waals surface area contributed by atoms with E-state index in [1.54, 1.807) is 0 Å². The number of aliphatic hydroxyl groups excluding tert-OH is 1. The van der Waals surface area contributed by atoms with Crippen LogP contribution in [0.2, 0.25) is 0 Å². The molecule has 0 spiro atoms. The first-order valence-corrected chi connectivity index (χ1v) is 8.20. The SMILES string of the molecule is CCNC(=NCCCOCC1CCCO1)N1CC[C@@H](O)C1.I. The fourth-order valence-corrected chi connectivity index (χ4v) is 2.70. The summed E-state index contributed by atoms with van der Waals surface area (Å²) >= 11 is 0. The Hall–Kier alpha value is -0.120. The lowest BCUT2D eigenvalue weighted by Crippen LogP contribution is -2.40. The molecule has 6 nitrogen and oxygen atoms in total. The molecule has 2 aliphatic heterocycles. The quantitative estimate of drug-likeness (QED) is 0.277. The minimum Gasteiger partial charge on any atom is -0.391 e. The van der Waals surface area contributed by atoms with Crippen molar-refractivity contribution in [1.82, 2.24) is 10.2 Å². The number of hydrogen-bond acceptors (Lipinski definition) is 4. The van der Waals surface area contributed by atoms with E-state index in [4.69, 9.17) is 9.47 Å². The lowest BCUT2D eigenvalue weighted by Gasteiger charge is -2.20. The maximum Gasteiger partial charge on any atom is 0.194 e. The Morgan fingerprint density at radius 1 is 1.45 bits per heavy atom. The second-order valence-corrected chi connectivity index (χ2v) is 5.69. The molecule has 0 bridgehead atoms. The Bertz CT molecular complexity index is 325. The number of hydrogen-bond donors (Lipinski definition) is 2. The molecule has 7 heteroatoms.